The number of nitrogens with zero attached hydrogens (tertiary/aromatic N) is 2. The first kappa shape index (κ1) is 24.4. The van der Waals surface area contributed by atoms with E-state index in [0.717, 1.165) is 48.9 Å². The van der Waals surface area contributed by atoms with Gasteiger partial charge in [-0.25, -0.2) is 0 Å². The zero-order valence-electron chi connectivity index (χ0n) is 21.5. The van der Waals surface area contributed by atoms with E-state index in [2.05, 4.69) is 48.6 Å². The van der Waals surface area contributed by atoms with Gasteiger partial charge < -0.3 is 14.8 Å². The van der Waals surface area contributed by atoms with Crippen LogP contribution in [0.3, 0.4) is 0 Å². The van der Waals surface area contributed by atoms with Crippen LogP contribution in [0.15, 0.2) is 66.7 Å². The lowest BCUT2D eigenvalue weighted by Crippen LogP contribution is -2.64. The number of amides is 2. The summed E-state index contributed by atoms with van der Waals surface area (Å²) < 4.78 is 2.04. The smallest absolute Gasteiger partial charge is 0.271 e. The summed E-state index contributed by atoms with van der Waals surface area (Å²) in [7, 11) is 0. The van der Waals surface area contributed by atoms with Crippen molar-refractivity contribution in [3.8, 4) is 11.3 Å². The first-order chi connectivity index (χ1) is 17.5. The Hall–Kier alpha value is -3.34. The van der Waals surface area contributed by atoms with Crippen LogP contribution in [0, 0.1) is 0 Å². The molecule has 5 heteroatoms. The molecule has 1 saturated carbocycles. The SMILES string of the molecule is CCc1ccc(CN2C(=O)c3ccc(-c4ccccc4)n3C[C@]2(C)C(=O)NC2CCCCCC2)cc1. The molecule has 3 aromatic rings. The van der Waals surface area contributed by atoms with E-state index < -0.39 is 5.54 Å². The third-order valence-corrected chi connectivity index (χ3v) is 8.03. The number of carbonyl (C=O) groups is 2. The highest BCUT2D eigenvalue weighted by atomic mass is 16.2. The van der Waals surface area contributed by atoms with Gasteiger partial charge in [-0.1, -0.05) is 87.2 Å². The van der Waals surface area contributed by atoms with Gasteiger partial charge in [0, 0.05) is 18.3 Å². The van der Waals surface area contributed by atoms with Crippen molar-refractivity contribution in [3.05, 3.63) is 83.6 Å². The molecule has 1 aliphatic carbocycles. The third kappa shape index (κ3) is 4.71. The molecule has 2 amide bonds. The Bertz CT molecular complexity index is 1210. The Labute approximate surface area is 214 Å². The number of aromatic nitrogens is 1. The van der Waals surface area contributed by atoms with Crippen LogP contribution >= 0.6 is 0 Å². The predicted molar refractivity (Wildman–Crippen MR) is 144 cm³/mol. The average molecular weight is 484 g/mol. The number of nitrogens with one attached hydrogen (secondary N) is 1. The zero-order chi connectivity index (χ0) is 25.1. The van der Waals surface area contributed by atoms with Crippen molar-refractivity contribution in [2.45, 2.75) is 83.5 Å². The molecule has 1 N–H and O–H groups in total. The van der Waals surface area contributed by atoms with Gasteiger partial charge in [0.25, 0.3) is 5.91 Å². The minimum atomic E-state index is -0.998. The number of benzene rings is 2. The lowest BCUT2D eigenvalue weighted by atomic mass is 9.92. The topological polar surface area (TPSA) is 54.3 Å². The Balaban J connectivity index is 1.51. The summed E-state index contributed by atoms with van der Waals surface area (Å²) >= 11 is 0. The van der Waals surface area contributed by atoms with Crippen molar-refractivity contribution >= 4 is 11.8 Å². The van der Waals surface area contributed by atoms with Crippen LogP contribution in [0.1, 0.15) is 74.0 Å². The molecule has 1 fully saturated rings. The first-order valence-electron chi connectivity index (χ1n) is 13.5. The summed E-state index contributed by atoms with van der Waals surface area (Å²) in [4.78, 5) is 29.8. The summed E-state index contributed by atoms with van der Waals surface area (Å²) in [6, 6.07) is 22.6. The Morgan fingerprint density at radius 1 is 0.889 bits per heavy atom. The zero-order valence-corrected chi connectivity index (χ0v) is 21.5. The monoisotopic (exact) mass is 483 g/mol. The average Bonchev–Trinajstić information content (AvgIpc) is 3.15. The molecule has 0 unspecified atom stereocenters. The fourth-order valence-corrected chi connectivity index (χ4v) is 5.71. The van der Waals surface area contributed by atoms with Gasteiger partial charge in [-0.15, -0.1) is 0 Å². The van der Waals surface area contributed by atoms with E-state index in [4.69, 9.17) is 0 Å². The van der Waals surface area contributed by atoms with Crippen LogP contribution in [0.5, 0.6) is 0 Å². The standard InChI is InChI=1S/C31H37N3O2/c1-3-23-15-17-24(18-16-23)21-34-29(35)28-20-19-27(25-11-7-6-8-12-25)33(28)22-31(34,2)30(36)32-26-13-9-4-5-10-14-26/h6-8,11-12,15-20,26H,3-5,9-10,13-14,21-22H2,1-2H3,(H,32,36)/t31-/m1/s1. The Morgan fingerprint density at radius 2 is 1.53 bits per heavy atom. The molecule has 1 aromatic heterocycles. The van der Waals surface area contributed by atoms with Gasteiger partial charge in [0.1, 0.15) is 11.2 Å². The van der Waals surface area contributed by atoms with E-state index in [9.17, 15) is 9.59 Å². The highest BCUT2D eigenvalue weighted by molar-refractivity contribution is 6.00. The summed E-state index contributed by atoms with van der Waals surface area (Å²) in [6.07, 6.45) is 7.75. The van der Waals surface area contributed by atoms with Crippen molar-refractivity contribution in [3.63, 3.8) is 0 Å². The number of fused-ring (bicyclic) bond motifs is 1. The van der Waals surface area contributed by atoms with E-state index in [0.29, 0.717) is 18.8 Å². The normalized spacial score (nSPS) is 20.6. The quantitative estimate of drug-likeness (QED) is 0.439. The van der Waals surface area contributed by atoms with E-state index in [1.54, 1.807) is 4.90 Å². The molecular weight excluding hydrogens is 446 g/mol. The van der Waals surface area contributed by atoms with Crippen LogP contribution in [0.25, 0.3) is 11.3 Å². The molecule has 1 aliphatic heterocycles. The van der Waals surface area contributed by atoms with Crippen LogP contribution in [0.4, 0.5) is 0 Å². The minimum Gasteiger partial charge on any atom is -0.351 e. The van der Waals surface area contributed by atoms with Crippen LogP contribution < -0.4 is 5.32 Å². The second-order valence-corrected chi connectivity index (χ2v) is 10.6. The maximum atomic E-state index is 14.0. The van der Waals surface area contributed by atoms with Gasteiger partial charge in [-0.05, 0) is 55.0 Å². The lowest BCUT2D eigenvalue weighted by molar-refractivity contribution is -0.134. The van der Waals surface area contributed by atoms with E-state index in [1.807, 2.05) is 41.8 Å². The largest absolute Gasteiger partial charge is 0.351 e. The molecule has 5 nitrogen and oxygen atoms in total. The van der Waals surface area contributed by atoms with Gasteiger partial charge >= 0.3 is 0 Å². The molecule has 2 heterocycles. The lowest BCUT2D eigenvalue weighted by Gasteiger charge is -2.45. The Morgan fingerprint density at radius 3 is 2.19 bits per heavy atom. The maximum Gasteiger partial charge on any atom is 0.271 e. The molecular formula is C31H37N3O2. The highest BCUT2D eigenvalue weighted by Gasteiger charge is 2.48. The van der Waals surface area contributed by atoms with Crippen LogP contribution in [-0.4, -0.2) is 32.9 Å². The number of hydrogen-bond acceptors (Lipinski definition) is 2. The molecule has 2 aromatic carbocycles. The molecule has 0 bridgehead atoms. The predicted octanol–water partition coefficient (Wildman–Crippen LogP) is 5.97. The molecule has 188 valence electrons. The first-order valence-corrected chi connectivity index (χ1v) is 13.5. The van der Waals surface area contributed by atoms with Gasteiger partial charge in [-0.3, -0.25) is 9.59 Å². The third-order valence-electron chi connectivity index (χ3n) is 8.03. The van der Waals surface area contributed by atoms with E-state index in [-0.39, 0.29) is 17.9 Å². The van der Waals surface area contributed by atoms with Crippen LogP contribution in [0.2, 0.25) is 0 Å². The second kappa shape index (κ2) is 10.3. The van der Waals surface area contributed by atoms with Gasteiger partial charge in [0.15, 0.2) is 0 Å². The molecule has 36 heavy (non-hydrogen) atoms. The van der Waals surface area contributed by atoms with Crippen LogP contribution in [-0.2, 0) is 24.3 Å². The molecule has 0 saturated heterocycles. The van der Waals surface area contributed by atoms with Crippen molar-refractivity contribution in [1.82, 2.24) is 14.8 Å². The number of rotatable bonds is 6. The molecule has 1 atom stereocenters. The second-order valence-electron chi connectivity index (χ2n) is 10.6. The molecule has 5 rings (SSSR count). The van der Waals surface area contributed by atoms with Gasteiger partial charge in [0.05, 0.1) is 6.54 Å². The van der Waals surface area contributed by atoms with Gasteiger partial charge in [0.2, 0.25) is 5.91 Å². The molecule has 0 radical (unpaired) electrons. The maximum absolute atomic E-state index is 14.0. The summed E-state index contributed by atoms with van der Waals surface area (Å²) in [6.45, 7) is 4.91. The number of carbonyl (C=O) groups excluding carboxylic acids is 2. The van der Waals surface area contributed by atoms with E-state index in [1.165, 1.54) is 18.4 Å². The van der Waals surface area contributed by atoms with Gasteiger partial charge in [-0.2, -0.15) is 0 Å². The van der Waals surface area contributed by atoms with E-state index >= 15 is 0 Å². The summed E-state index contributed by atoms with van der Waals surface area (Å²) in [5.74, 6) is -0.146. The number of aryl methyl sites for hydroxylation is 1. The summed E-state index contributed by atoms with van der Waals surface area (Å²) in [5.41, 5.74) is 3.96. The summed E-state index contributed by atoms with van der Waals surface area (Å²) in [5, 5.41) is 3.36. The highest BCUT2D eigenvalue weighted by Crippen LogP contribution is 2.34. The fourth-order valence-electron chi connectivity index (χ4n) is 5.71. The molecule has 2 aliphatic rings. The van der Waals surface area contributed by atoms with Crippen molar-refractivity contribution in [2.24, 2.45) is 0 Å². The van der Waals surface area contributed by atoms with Crippen molar-refractivity contribution in [2.75, 3.05) is 0 Å². The van der Waals surface area contributed by atoms with Crippen molar-refractivity contribution in [1.29, 1.82) is 0 Å². The van der Waals surface area contributed by atoms with Crippen molar-refractivity contribution < 1.29 is 9.59 Å². The minimum absolute atomic E-state index is 0.0497. The fraction of sp³-hybridized carbons (Fsp3) is 0.419. The number of hydrogen-bond donors (Lipinski definition) is 1. The molecule has 0 spiro atoms. The Kier molecular flexibility index (Phi) is 6.99.